The molecule has 0 aliphatic carbocycles. The predicted octanol–water partition coefficient (Wildman–Crippen LogP) is 3.65. The van der Waals surface area contributed by atoms with Gasteiger partial charge in [0.1, 0.15) is 5.82 Å². The van der Waals surface area contributed by atoms with E-state index in [4.69, 9.17) is 4.74 Å². The van der Waals surface area contributed by atoms with Gasteiger partial charge < -0.3 is 20.7 Å². The van der Waals surface area contributed by atoms with Crippen LogP contribution in [0.4, 0.5) is 9.18 Å². The van der Waals surface area contributed by atoms with Crippen molar-refractivity contribution in [2.45, 2.75) is 82.6 Å². The number of benzene rings is 1. The van der Waals surface area contributed by atoms with Gasteiger partial charge in [-0.15, -0.1) is 0 Å². The molecule has 2 fully saturated rings. The van der Waals surface area contributed by atoms with E-state index >= 15 is 0 Å². The monoisotopic (exact) mass is 377 g/mol. The van der Waals surface area contributed by atoms with Crippen LogP contribution in [0.3, 0.4) is 0 Å². The molecule has 1 aromatic carbocycles. The first-order valence-electron chi connectivity index (χ1n) is 9.87. The van der Waals surface area contributed by atoms with Crippen LogP contribution in [0.5, 0.6) is 0 Å². The minimum Gasteiger partial charge on any atom is -0.376 e. The van der Waals surface area contributed by atoms with Crippen molar-refractivity contribution in [2.24, 2.45) is 0 Å². The molecular formula is C21H32FN3O2. The van der Waals surface area contributed by atoms with E-state index in [0.717, 1.165) is 31.2 Å². The van der Waals surface area contributed by atoms with Crippen LogP contribution in [0.15, 0.2) is 24.3 Å². The number of halogens is 1. The maximum Gasteiger partial charge on any atom is 0.315 e. The molecule has 1 aromatic rings. The van der Waals surface area contributed by atoms with Crippen LogP contribution in [0.2, 0.25) is 0 Å². The minimum absolute atomic E-state index is 0.0371. The largest absolute Gasteiger partial charge is 0.376 e. The summed E-state index contributed by atoms with van der Waals surface area (Å²) in [6, 6.07) is 5.91. The Morgan fingerprint density at radius 3 is 2.37 bits per heavy atom. The molecule has 3 rings (SSSR count). The van der Waals surface area contributed by atoms with Crippen molar-refractivity contribution in [2.75, 3.05) is 6.61 Å². The third kappa shape index (κ3) is 5.42. The van der Waals surface area contributed by atoms with Gasteiger partial charge in [0.05, 0.1) is 12.1 Å². The summed E-state index contributed by atoms with van der Waals surface area (Å²) >= 11 is 0. The smallest absolute Gasteiger partial charge is 0.315 e. The number of hydrogen-bond donors (Lipinski definition) is 3. The minimum atomic E-state index is -0.284. The summed E-state index contributed by atoms with van der Waals surface area (Å²) in [4.78, 5) is 12.8. The van der Waals surface area contributed by atoms with Crippen LogP contribution in [-0.4, -0.2) is 35.9 Å². The van der Waals surface area contributed by atoms with Crippen LogP contribution in [0.25, 0.3) is 0 Å². The Kier molecular flexibility index (Phi) is 5.77. The van der Waals surface area contributed by atoms with Crippen molar-refractivity contribution in [1.29, 1.82) is 0 Å². The maximum absolute atomic E-state index is 13.3. The van der Waals surface area contributed by atoms with Crippen molar-refractivity contribution in [1.82, 2.24) is 16.0 Å². The van der Waals surface area contributed by atoms with Gasteiger partial charge in [-0.05, 0) is 71.1 Å². The molecular weight excluding hydrogens is 345 g/mol. The summed E-state index contributed by atoms with van der Waals surface area (Å²) in [7, 11) is 0. The molecule has 0 saturated carbocycles. The van der Waals surface area contributed by atoms with Gasteiger partial charge in [0.15, 0.2) is 0 Å². The molecule has 2 heterocycles. The van der Waals surface area contributed by atoms with E-state index < -0.39 is 0 Å². The highest BCUT2D eigenvalue weighted by molar-refractivity contribution is 5.75. The number of carbonyl (C=O) groups is 1. The molecule has 2 aliphatic rings. The summed E-state index contributed by atoms with van der Waals surface area (Å²) in [5.74, 6) is -0.284. The summed E-state index contributed by atoms with van der Waals surface area (Å²) in [5, 5.41) is 9.85. The van der Waals surface area contributed by atoms with E-state index in [9.17, 15) is 9.18 Å². The van der Waals surface area contributed by atoms with Gasteiger partial charge in [-0.2, -0.15) is 0 Å². The van der Waals surface area contributed by atoms with E-state index in [1.54, 1.807) is 12.1 Å². The van der Waals surface area contributed by atoms with Crippen LogP contribution in [0.1, 0.15) is 65.0 Å². The number of hydrogen-bond acceptors (Lipinski definition) is 3. The first kappa shape index (κ1) is 20.1. The number of ether oxygens (including phenoxy) is 1. The first-order valence-corrected chi connectivity index (χ1v) is 9.87. The van der Waals surface area contributed by atoms with Gasteiger partial charge in [0.2, 0.25) is 0 Å². The highest BCUT2D eigenvalue weighted by Crippen LogP contribution is 2.29. The fourth-order valence-electron chi connectivity index (χ4n) is 4.72. The van der Waals surface area contributed by atoms with E-state index in [1.165, 1.54) is 12.1 Å². The molecule has 2 unspecified atom stereocenters. The topological polar surface area (TPSA) is 62.4 Å². The molecule has 3 N–H and O–H groups in total. The van der Waals surface area contributed by atoms with Crippen LogP contribution in [-0.2, 0) is 4.74 Å². The Bertz CT molecular complexity index is 638. The molecule has 2 aliphatic heterocycles. The highest BCUT2D eigenvalue weighted by atomic mass is 19.1. The predicted molar refractivity (Wildman–Crippen MR) is 104 cm³/mol. The second kappa shape index (κ2) is 7.76. The number of carbonyl (C=O) groups excluding carboxylic acids is 1. The number of nitrogens with one attached hydrogen (secondary N) is 3. The lowest BCUT2D eigenvalue weighted by molar-refractivity contribution is 0.0797. The molecule has 0 radical (unpaired) electrons. The van der Waals surface area contributed by atoms with Crippen molar-refractivity contribution >= 4 is 6.03 Å². The average molecular weight is 378 g/mol. The molecule has 0 aromatic heterocycles. The third-order valence-corrected chi connectivity index (χ3v) is 5.38. The second-order valence-corrected chi connectivity index (χ2v) is 9.20. The molecule has 6 heteroatoms. The molecule has 150 valence electrons. The Balaban J connectivity index is 1.68. The van der Waals surface area contributed by atoms with E-state index in [1.807, 2.05) is 0 Å². The standard InChI is InChI=1S/C21H32FN3O2/c1-20(2)12-16(13-21(3,4)25-20)23-19(26)24-18(17-6-5-11-27-17)14-7-9-15(22)10-8-14/h7-10,16-18,25H,5-6,11-13H2,1-4H3,(H2,23,24,26). The van der Waals surface area contributed by atoms with Crippen LogP contribution in [0, 0.1) is 5.82 Å². The van der Waals surface area contributed by atoms with Gasteiger partial charge in [0.25, 0.3) is 0 Å². The number of amides is 2. The normalized spacial score (nSPS) is 25.7. The number of piperidine rings is 1. The lowest BCUT2D eigenvalue weighted by Crippen LogP contribution is -2.63. The summed E-state index contributed by atoms with van der Waals surface area (Å²) in [5.41, 5.74) is 0.791. The summed E-state index contributed by atoms with van der Waals surface area (Å²) in [6.07, 6.45) is 3.51. The molecule has 2 saturated heterocycles. The second-order valence-electron chi connectivity index (χ2n) is 9.20. The first-order chi connectivity index (χ1) is 12.6. The highest BCUT2D eigenvalue weighted by Gasteiger charge is 2.38. The molecule has 0 spiro atoms. The molecule has 5 nitrogen and oxygen atoms in total. The molecule has 2 atom stereocenters. The Labute approximate surface area is 161 Å². The molecule has 2 amide bonds. The van der Waals surface area contributed by atoms with Crippen molar-refractivity contribution in [3.63, 3.8) is 0 Å². The fraction of sp³-hybridized carbons (Fsp3) is 0.667. The van der Waals surface area contributed by atoms with E-state index in [2.05, 4.69) is 43.6 Å². The van der Waals surface area contributed by atoms with Gasteiger partial charge in [0, 0.05) is 23.7 Å². The Morgan fingerprint density at radius 2 is 1.81 bits per heavy atom. The zero-order chi connectivity index (χ0) is 19.7. The van der Waals surface area contributed by atoms with Crippen LogP contribution >= 0.6 is 0 Å². The maximum atomic E-state index is 13.3. The van der Waals surface area contributed by atoms with E-state index in [-0.39, 0.29) is 41.1 Å². The van der Waals surface area contributed by atoms with E-state index in [0.29, 0.717) is 6.61 Å². The summed E-state index contributed by atoms with van der Waals surface area (Å²) < 4.78 is 19.1. The Hall–Kier alpha value is -1.66. The fourth-order valence-corrected chi connectivity index (χ4v) is 4.72. The number of rotatable bonds is 4. The lowest BCUT2D eigenvalue weighted by atomic mass is 9.80. The van der Waals surface area contributed by atoms with Crippen molar-refractivity contribution in [3.05, 3.63) is 35.6 Å². The average Bonchev–Trinajstić information content (AvgIpc) is 3.04. The van der Waals surface area contributed by atoms with Crippen molar-refractivity contribution in [3.8, 4) is 0 Å². The molecule has 27 heavy (non-hydrogen) atoms. The van der Waals surface area contributed by atoms with Gasteiger partial charge >= 0.3 is 6.03 Å². The molecule has 0 bridgehead atoms. The zero-order valence-corrected chi connectivity index (χ0v) is 16.8. The zero-order valence-electron chi connectivity index (χ0n) is 16.8. The Morgan fingerprint density at radius 1 is 1.19 bits per heavy atom. The summed E-state index contributed by atoms with van der Waals surface area (Å²) in [6.45, 7) is 9.34. The quantitative estimate of drug-likeness (QED) is 0.750. The van der Waals surface area contributed by atoms with Crippen LogP contribution < -0.4 is 16.0 Å². The SMILES string of the molecule is CC1(C)CC(NC(=O)NC(c2ccc(F)cc2)C2CCCO2)CC(C)(C)N1. The van der Waals surface area contributed by atoms with Gasteiger partial charge in [-0.25, -0.2) is 9.18 Å². The third-order valence-electron chi connectivity index (χ3n) is 5.38. The lowest BCUT2D eigenvalue weighted by Gasteiger charge is -2.46. The van der Waals surface area contributed by atoms with Gasteiger partial charge in [-0.3, -0.25) is 0 Å². The van der Waals surface area contributed by atoms with Gasteiger partial charge in [-0.1, -0.05) is 12.1 Å². The number of urea groups is 1. The van der Waals surface area contributed by atoms with Crippen molar-refractivity contribution < 1.29 is 13.9 Å².